The van der Waals surface area contributed by atoms with Gasteiger partial charge in [-0.25, -0.2) is 4.99 Å². The van der Waals surface area contributed by atoms with Gasteiger partial charge in [0.05, 0.1) is 5.36 Å². The molecule has 0 saturated carbocycles. The van der Waals surface area contributed by atoms with Gasteiger partial charge in [0.15, 0.2) is 0 Å². The molecule has 104 valence electrons. The van der Waals surface area contributed by atoms with Crippen molar-refractivity contribution in [3.05, 3.63) is 65.8 Å². The van der Waals surface area contributed by atoms with Crippen LogP contribution in [0.5, 0.6) is 0 Å². The molecular formula is C17H20N2O. The molecule has 2 rings (SSSR count). The Bertz CT molecular complexity index is 628. The van der Waals surface area contributed by atoms with Gasteiger partial charge >= 0.3 is 0 Å². The van der Waals surface area contributed by atoms with Gasteiger partial charge in [-0.1, -0.05) is 51.1 Å². The first-order chi connectivity index (χ1) is 9.45. The number of hydrogen-bond donors (Lipinski definition) is 0. The molecule has 2 aromatic rings. The largest absolute Gasteiger partial charge is 0.350 e. The molecule has 0 atom stereocenters. The zero-order chi connectivity index (χ0) is 14.6. The van der Waals surface area contributed by atoms with Crippen molar-refractivity contribution < 1.29 is 4.79 Å². The van der Waals surface area contributed by atoms with E-state index in [2.05, 4.69) is 21.7 Å². The molecule has 0 fully saturated rings. The van der Waals surface area contributed by atoms with Crippen molar-refractivity contribution in [2.75, 3.05) is 0 Å². The summed E-state index contributed by atoms with van der Waals surface area (Å²) in [6, 6.07) is 14.0. The first-order valence-electron chi connectivity index (χ1n) is 6.74. The first kappa shape index (κ1) is 14.3. The summed E-state index contributed by atoms with van der Waals surface area (Å²) >= 11 is 0. The standard InChI is InChI=1S/C17H20N2O/c1-17(2,3)16(20)18-15-9-11-19(12-10-15)13-14-7-5-4-6-8-14/h4-12H,13H2,1-3H3. The van der Waals surface area contributed by atoms with Crippen molar-refractivity contribution in [1.29, 1.82) is 0 Å². The molecule has 0 N–H and O–H groups in total. The zero-order valence-corrected chi connectivity index (χ0v) is 12.2. The van der Waals surface area contributed by atoms with E-state index in [4.69, 9.17) is 0 Å². The molecule has 0 spiro atoms. The Balaban J connectivity index is 2.15. The van der Waals surface area contributed by atoms with Gasteiger partial charge in [-0.15, -0.1) is 0 Å². The SMILES string of the molecule is CC(C)(C)C(=O)N=c1ccn(Cc2ccccc2)cc1. The third-order valence-corrected chi connectivity index (χ3v) is 2.95. The molecular weight excluding hydrogens is 248 g/mol. The Morgan fingerprint density at radius 1 is 1.05 bits per heavy atom. The van der Waals surface area contributed by atoms with Crippen LogP contribution in [0.3, 0.4) is 0 Å². The quantitative estimate of drug-likeness (QED) is 0.824. The molecule has 0 aliphatic heterocycles. The maximum atomic E-state index is 11.8. The number of nitrogens with zero attached hydrogens (tertiary/aromatic N) is 2. The summed E-state index contributed by atoms with van der Waals surface area (Å²) in [7, 11) is 0. The average molecular weight is 268 g/mol. The van der Waals surface area contributed by atoms with E-state index in [9.17, 15) is 4.79 Å². The van der Waals surface area contributed by atoms with Crippen molar-refractivity contribution in [2.45, 2.75) is 27.3 Å². The zero-order valence-electron chi connectivity index (χ0n) is 12.2. The van der Waals surface area contributed by atoms with Crippen LogP contribution in [-0.4, -0.2) is 10.5 Å². The van der Waals surface area contributed by atoms with Crippen LogP contribution in [0.1, 0.15) is 26.3 Å². The van der Waals surface area contributed by atoms with Crippen LogP contribution >= 0.6 is 0 Å². The van der Waals surface area contributed by atoms with Crippen molar-refractivity contribution >= 4 is 5.91 Å². The minimum absolute atomic E-state index is 0.0988. The van der Waals surface area contributed by atoms with E-state index in [0.29, 0.717) is 5.36 Å². The third-order valence-electron chi connectivity index (χ3n) is 2.95. The summed E-state index contributed by atoms with van der Waals surface area (Å²) in [5, 5.41) is 0.703. The van der Waals surface area contributed by atoms with E-state index < -0.39 is 5.41 Å². The van der Waals surface area contributed by atoms with Gasteiger partial charge in [0, 0.05) is 24.4 Å². The highest BCUT2D eigenvalue weighted by atomic mass is 16.1. The lowest BCUT2D eigenvalue weighted by Crippen LogP contribution is -2.21. The van der Waals surface area contributed by atoms with E-state index in [1.807, 2.05) is 63.5 Å². The molecule has 1 aromatic heterocycles. The van der Waals surface area contributed by atoms with Crippen LogP contribution in [-0.2, 0) is 11.3 Å². The normalized spacial score (nSPS) is 11.2. The highest BCUT2D eigenvalue weighted by molar-refractivity contribution is 5.82. The number of rotatable bonds is 2. The van der Waals surface area contributed by atoms with Crippen LogP contribution in [0.15, 0.2) is 59.9 Å². The molecule has 1 heterocycles. The number of amides is 1. The molecule has 0 aliphatic carbocycles. The van der Waals surface area contributed by atoms with E-state index >= 15 is 0 Å². The molecule has 0 saturated heterocycles. The van der Waals surface area contributed by atoms with Gasteiger partial charge < -0.3 is 4.57 Å². The smallest absolute Gasteiger partial charge is 0.251 e. The summed E-state index contributed by atoms with van der Waals surface area (Å²) < 4.78 is 2.07. The van der Waals surface area contributed by atoms with Gasteiger partial charge in [0.1, 0.15) is 0 Å². The van der Waals surface area contributed by atoms with Gasteiger partial charge in [-0.3, -0.25) is 4.79 Å². The summed E-state index contributed by atoms with van der Waals surface area (Å²) in [6.45, 7) is 6.43. The van der Waals surface area contributed by atoms with E-state index in [1.165, 1.54) is 5.56 Å². The van der Waals surface area contributed by atoms with Crippen molar-refractivity contribution in [1.82, 2.24) is 4.57 Å². The van der Waals surface area contributed by atoms with E-state index in [-0.39, 0.29) is 5.91 Å². The van der Waals surface area contributed by atoms with Gasteiger partial charge in [-0.2, -0.15) is 0 Å². The second-order valence-corrected chi connectivity index (χ2v) is 5.88. The highest BCUT2D eigenvalue weighted by Gasteiger charge is 2.19. The second-order valence-electron chi connectivity index (χ2n) is 5.88. The Kier molecular flexibility index (Phi) is 4.18. The predicted molar refractivity (Wildman–Crippen MR) is 80.0 cm³/mol. The molecule has 0 unspecified atom stereocenters. The second kappa shape index (κ2) is 5.87. The number of pyridine rings is 1. The average Bonchev–Trinajstić information content (AvgIpc) is 2.41. The minimum Gasteiger partial charge on any atom is -0.350 e. The maximum absolute atomic E-state index is 11.8. The lowest BCUT2D eigenvalue weighted by molar-refractivity contribution is -0.125. The van der Waals surface area contributed by atoms with E-state index in [1.54, 1.807) is 0 Å². The van der Waals surface area contributed by atoms with Gasteiger partial charge in [-0.05, 0) is 17.7 Å². The maximum Gasteiger partial charge on any atom is 0.251 e. The number of aromatic nitrogens is 1. The van der Waals surface area contributed by atoms with Crippen LogP contribution in [0.25, 0.3) is 0 Å². The van der Waals surface area contributed by atoms with Crippen LogP contribution in [0, 0.1) is 5.41 Å². The summed E-state index contributed by atoms with van der Waals surface area (Å²) in [5.41, 5.74) is 0.809. The summed E-state index contributed by atoms with van der Waals surface area (Å²) in [4.78, 5) is 16.0. The molecule has 1 amide bonds. The summed E-state index contributed by atoms with van der Waals surface area (Å²) in [6.07, 6.45) is 3.89. The molecule has 3 heteroatoms. The number of carbonyl (C=O) groups is 1. The van der Waals surface area contributed by atoms with Crippen molar-refractivity contribution in [3.63, 3.8) is 0 Å². The minimum atomic E-state index is -0.435. The fourth-order valence-electron chi connectivity index (χ4n) is 1.71. The molecule has 3 nitrogen and oxygen atoms in total. The third kappa shape index (κ3) is 3.92. The van der Waals surface area contributed by atoms with Crippen LogP contribution in [0.4, 0.5) is 0 Å². The Hall–Kier alpha value is -2.16. The molecule has 0 aliphatic rings. The van der Waals surface area contributed by atoms with Crippen molar-refractivity contribution in [2.24, 2.45) is 10.4 Å². The molecule has 1 aromatic carbocycles. The topological polar surface area (TPSA) is 34.4 Å². The monoisotopic (exact) mass is 268 g/mol. The van der Waals surface area contributed by atoms with Gasteiger partial charge in [0.2, 0.25) is 0 Å². The fraction of sp³-hybridized carbons (Fsp3) is 0.294. The Morgan fingerprint density at radius 3 is 2.20 bits per heavy atom. The number of hydrogen-bond acceptors (Lipinski definition) is 1. The fourth-order valence-corrected chi connectivity index (χ4v) is 1.71. The Labute approximate surface area is 119 Å². The number of carbonyl (C=O) groups excluding carboxylic acids is 1. The van der Waals surface area contributed by atoms with E-state index in [0.717, 1.165) is 6.54 Å². The number of benzene rings is 1. The highest BCUT2D eigenvalue weighted by Crippen LogP contribution is 2.14. The van der Waals surface area contributed by atoms with Crippen molar-refractivity contribution in [3.8, 4) is 0 Å². The lowest BCUT2D eigenvalue weighted by Gasteiger charge is -2.11. The van der Waals surface area contributed by atoms with Crippen LogP contribution in [0.2, 0.25) is 0 Å². The Morgan fingerprint density at radius 2 is 1.65 bits per heavy atom. The summed E-state index contributed by atoms with van der Waals surface area (Å²) in [5.74, 6) is -0.0988. The van der Waals surface area contributed by atoms with Gasteiger partial charge in [0.25, 0.3) is 5.91 Å². The molecule has 20 heavy (non-hydrogen) atoms. The molecule has 0 radical (unpaired) electrons. The predicted octanol–water partition coefficient (Wildman–Crippen LogP) is 3.01. The lowest BCUT2D eigenvalue weighted by atomic mass is 9.96. The van der Waals surface area contributed by atoms with Crippen LogP contribution < -0.4 is 5.36 Å². The molecule has 0 bridgehead atoms. The first-order valence-corrected chi connectivity index (χ1v) is 6.74.